The summed E-state index contributed by atoms with van der Waals surface area (Å²) in [6.07, 6.45) is 7.95. The van der Waals surface area contributed by atoms with Crippen molar-refractivity contribution in [1.29, 1.82) is 0 Å². The molecule has 4 atom stereocenters. The summed E-state index contributed by atoms with van der Waals surface area (Å²) in [5.41, 5.74) is 2.09. The Hall–Kier alpha value is -1.42. The maximum atomic E-state index is 12.1. The van der Waals surface area contributed by atoms with Crippen molar-refractivity contribution in [3.05, 3.63) is 29.2 Å². The number of rotatable bonds is 1. The van der Waals surface area contributed by atoms with Crippen LogP contribution in [0.15, 0.2) is 22.4 Å². The van der Waals surface area contributed by atoms with Crippen LogP contribution in [-0.2, 0) is 11.2 Å². The van der Waals surface area contributed by atoms with Crippen LogP contribution < -0.4 is 0 Å². The third-order valence-corrected chi connectivity index (χ3v) is 6.65. The van der Waals surface area contributed by atoms with Gasteiger partial charge in [-0.25, -0.2) is 0 Å². The van der Waals surface area contributed by atoms with Gasteiger partial charge in [0.15, 0.2) is 5.78 Å². The van der Waals surface area contributed by atoms with E-state index in [0.29, 0.717) is 18.3 Å². The quantitative estimate of drug-likeness (QED) is 0.866. The molecule has 118 valence electrons. The molecule has 0 amide bonds. The fourth-order valence-corrected chi connectivity index (χ4v) is 5.49. The van der Waals surface area contributed by atoms with Crippen molar-refractivity contribution < 1.29 is 14.4 Å². The van der Waals surface area contributed by atoms with Crippen LogP contribution in [0.5, 0.6) is 0 Å². The van der Waals surface area contributed by atoms with Gasteiger partial charge in [-0.2, -0.15) is 0 Å². The van der Waals surface area contributed by atoms with Gasteiger partial charge in [-0.15, -0.1) is 0 Å². The molecule has 3 unspecified atom stereocenters. The first-order chi connectivity index (χ1) is 10.5. The lowest BCUT2D eigenvalue weighted by Crippen LogP contribution is -2.51. The second-order valence-electron chi connectivity index (χ2n) is 7.71. The van der Waals surface area contributed by atoms with Crippen LogP contribution in [0.3, 0.4) is 0 Å². The van der Waals surface area contributed by atoms with Gasteiger partial charge in [0, 0.05) is 23.3 Å². The van der Waals surface area contributed by atoms with E-state index in [4.69, 9.17) is 4.52 Å². The number of hydrogen-bond acceptors (Lipinski definition) is 4. The van der Waals surface area contributed by atoms with Gasteiger partial charge in [-0.3, -0.25) is 4.79 Å². The summed E-state index contributed by atoms with van der Waals surface area (Å²) < 4.78 is 5.49. The molecular formula is C18H23NO3. The van der Waals surface area contributed by atoms with Crippen molar-refractivity contribution in [2.75, 3.05) is 6.61 Å². The minimum Gasteiger partial charge on any atom is -0.395 e. The van der Waals surface area contributed by atoms with Crippen molar-refractivity contribution in [3.8, 4) is 0 Å². The summed E-state index contributed by atoms with van der Waals surface area (Å²) in [4.78, 5) is 12.1. The minimum atomic E-state index is -0.187. The van der Waals surface area contributed by atoms with Crippen molar-refractivity contribution in [2.24, 2.45) is 16.7 Å². The second-order valence-corrected chi connectivity index (χ2v) is 7.71. The van der Waals surface area contributed by atoms with Crippen LogP contribution in [0.4, 0.5) is 0 Å². The van der Waals surface area contributed by atoms with Gasteiger partial charge in [0.1, 0.15) is 5.76 Å². The van der Waals surface area contributed by atoms with E-state index >= 15 is 0 Å². The SMILES string of the molecule is CC1c2oncc2CC2(C)C3=CC(=O)CC[C@]3(CO)CCC12. The van der Waals surface area contributed by atoms with E-state index in [9.17, 15) is 9.90 Å². The summed E-state index contributed by atoms with van der Waals surface area (Å²) >= 11 is 0. The van der Waals surface area contributed by atoms with E-state index in [-0.39, 0.29) is 23.2 Å². The number of ketones is 1. The first kappa shape index (κ1) is 14.2. The Balaban J connectivity index is 1.87. The minimum absolute atomic E-state index is 0.0744. The lowest BCUT2D eigenvalue weighted by Gasteiger charge is -2.57. The molecule has 4 heteroatoms. The smallest absolute Gasteiger partial charge is 0.155 e. The molecule has 1 saturated carbocycles. The molecule has 0 aliphatic heterocycles. The number of aliphatic hydroxyl groups excluding tert-OH is 1. The van der Waals surface area contributed by atoms with E-state index < -0.39 is 0 Å². The highest BCUT2D eigenvalue weighted by Gasteiger charge is 2.56. The number of hydrogen-bond donors (Lipinski definition) is 1. The Morgan fingerprint density at radius 1 is 1.45 bits per heavy atom. The molecule has 3 aliphatic rings. The zero-order valence-electron chi connectivity index (χ0n) is 13.3. The predicted octanol–water partition coefficient (Wildman–Crippen LogP) is 3.02. The highest BCUT2D eigenvalue weighted by molar-refractivity contribution is 5.92. The van der Waals surface area contributed by atoms with Crippen LogP contribution >= 0.6 is 0 Å². The number of nitrogens with zero attached hydrogens (tertiary/aromatic N) is 1. The van der Waals surface area contributed by atoms with E-state index in [1.54, 1.807) is 0 Å². The molecule has 0 spiro atoms. The van der Waals surface area contributed by atoms with Crippen LogP contribution in [0.1, 0.15) is 56.8 Å². The summed E-state index contributed by atoms with van der Waals surface area (Å²) in [6.45, 7) is 4.64. The molecule has 1 aromatic rings. The van der Waals surface area contributed by atoms with Crippen LogP contribution in [0, 0.1) is 16.7 Å². The maximum absolute atomic E-state index is 12.1. The third kappa shape index (κ3) is 1.67. The Kier molecular flexibility index (Phi) is 2.93. The van der Waals surface area contributed by atoms with Crippen molar-refractivity contribution in [2.45, 2.75) is 51.9 Å². The van der Waals surface area contributed by atoms with E-state index in [0.717, 1.165) is 31.4 Å². The third-order valence-electron chi connectivity index (χ3n) is 6.65. The number of aliphatic hydroxyl groups is 1. The summed E-state index contributed by atoms with van der Waals surface area (Å²) in [5, 5.41) is 14.1. The first-order valence-electron chi connectivity index (χ1n) is 8.30. The molecule has 1 heterocycles. The normalized spacial score (nSPS) is 40.5. The molecule has 3 aliphatic carbocycles. The topological polar surface area (TPSA) is 63.3 Å². The molecule has 0 radical (unpaired) electrons. The fraction of sp³-hybridized carbons (Fsp3) is 0.667. The first-order valence-corrected chi connectivity index (χ1v) is 8.30. The largest absolute Gasteiger partial charge is 0.395 e. The van der Waals surface area contributed by atoms with Gasteiger partial charge >= 0.3 is 0 Å². The number of aromatic nitrogens is 1. The van der Waals surface area contributed by atoms with Gasteiger partial charge in [0.05, 0.1) is 12.8 Å². The van der Waals surface area contributed by atoms with Gasteiger partial charge in [0.25, 0.3) is 0 Å². The van der Waals surface area contributed by atoms with E-state index in [1.165, 1.54) is 11.1 Å². The van der Waals surface area contributed by atoms with Crippen molar-refractivity contribution >= 4 is 5.78 Å². The Labute approximate surface area is 130 Å². The Morgan fingerprint density at radius 2 is 2.27 bits per heavy atom. The van der Waals surface area contributed by atoms with Crippen molar-refractivity contribution in [1.82, 2.24) is 5.16 Å². The Bertz CT molecular complexity index is 661. The lowest BCUT2D eigenvalue weighted by molar-refractivity contribution is -0.117. The molecule has 22 heavy (non-hydrogen) atoms. The highest BCUT2D eigenvalue weighted by Crippen LogP contribution is 2.63. The highest BCUT2D eigenvalue weighted by atomic mass is 16.5. The monoisotopic (exact) mass is 301 g/mol. The average molecular weight is 301 g/mol. The number of allylic oxidation sites excluding steroid dienone is 1. The van der Waals surface area contributed by atoms with Crippen LogP contribution in [0.2, 0.25) is 0 Å². The van der Waals surface area contributed by atoms with E-state index in [2.05, 4.69) is 19.0 Å². The van der Waals surface area contributed by atoms with Crippen LogP contribution in [0.25, 0.3) is 0 Å². The number of carbonyl (C=O) groups excluding carboxylic acids is 1. The standard InChI is InChI=1S/C18H23NO3/c1-11-14-4-6-18(10-20)5-3-13(21)7-15(18)17(14,2)8-12-9-19-22-16(11)12/h7,9,11,14,20H,3-6,8,10H2,1-2H3/t11?,14?,17?,18-/m1/s1. The second kappa shape index (κ2) is 4.54. The van der Waals surface area contributed by atoms with Gasteiger partial charge in [-0.1, -0.05) is 24.6 Å². The van der Waals surface area contributed by atoms with Gasteiger partial charge < -0.3 is 9.63 Å². The molecule has 1 fully saturated rings. The number of fused-ring (bicyclic) bond motifs is 4. The van der Waals surface area contributed by atoms with Gasteiger partial charge in [0.2, 0.25) is 0 Å². The molecule has 0 bridgehead atoms. The predicted molar refractivity (Wildman–Crippen MR) is 81.3 cm³/mol. The average Bonchev–Trinajstić information content (AvgIpc) is 2.96. The molecule has 0 aromatic carbocycles. The molecule has 0 saturated heterocycles. The summed E-state index contributed by atoms with van der Waals surface area (Å²) in [6, 6.07) is 0. The molecular weight excluding hydrogens is 278 g/mol. The molecule has 1 N–H and O–H groups in total. The van der Waals surface area contributed by atoms with Gasteiger partial charge in [-0.05, 0) is 43.1 Å². The number of carbonyl (C=O) groups is 1. The molecule has 4 nitrogen and oxygen atoms in total. The summed E-state index contributed by atoms with van der Waals surface area (Å²) in [7, 11) is 0. The lowest BCUT2D eigenvalue weighted by atomic mass is 9.47. The van der Waals surface area contributed by atoms with Crippen LogP contribution in [-0.4, -0.2) is 22.7 Å². The molecule has 1 aromatic heterocycles. The zero-order chi connectivity index (χ0) is 15.5. The Morgan fingerprint density at radius 3 is 3.05 bits per heavy atom. The zero-order valence-corrected chi connectivity index (χ0v) is 13.3. The maximum Gasteiger partial charge on any atom is 0.155 e. The van der Waals surface area contributed by atoms with Crippen molar-refractivity contribution in [3.63, 3.8) is 0 Å². The van der Waals surface area contributed by atoms with E-state index in [1.807, 2.05) is 12.3 Å². The summed E-state index contributed by atoms with van der Waals surface area (Å²) in [5.74, 6) is 1.99. The molecule has 4 rings (SSSR count). The fourth-order valence-electron chi connectivity index (χ4n) is 5.49.